The number of piperidine rings is 1. The van der Waals surface area contributed by atoms with Crippen LogP contribution in [-0.2, 0) is 10.0 Å². The molecule has 2 amide bonds. The van der Waals surface area contributed by atoms with E-state index in [0.29, 0.717) is 36.1 Å². The van der Waals surface area contributed by atoms with E-state index in [1.165, 1.54) is 22.7 Å². The third-order valence-corrected chi connectivity index (χ3v) is 6.63. The Kier molecular flexibility index (Phi) is 6.19. The molecule has 2 N–H and O–H groups in total. The Labute approximate surface area is 170 Å². The second-order valence-corrected chi connectivity index (χ2v) is 10.0. The van der Waals surface area contributed by atoms with Crippen LogP contribution in [0.3, 0.4) is 0 Å². The maximum Gasteiger partial charge on any atom is 0.315 e. The number of hydrogen-bond donors (Lipinski definition) is 2. The summed E-state index contributed by atoms with van der Waals surface area (Å²) in [4.78, 5) is 12.6. The van der Waals surface area contributed by atoms with E-state index in [2.05, 4.69) is 10.6 Å². The highest BCUT2D eigenvalue weighted by Gasteiger charge is 2.29. The second-order valence-electron chi connectivity index (χ2n) is 8.03. The molecular formula is C20H28FN3O4S. The summed E-state index contributed by atoms with van der Waals surface area (Å²) in [5.41, 5.74) is 1.36. The van der Waals surface area contributed by atoms with E-state index in [0.717, 1.165) is 5.56 Å². The fourth-order valence-electron chi connectivity index (χ4n) is 3.77. The van der Waals surface area contributed by atoms with E-state index in [9.17, 15) is 17.6 Å². The third kappa shape index (κ3) is 4.90. The molecule has 160 valence electrons. The Hall–Kier alpha value is -2.13. The van der Waals surface area contributed by atoms with Gasteiger partial charge in [0.2, 0.25) is 10.0 Å². The molecule has 29 heavy (non-hydrogen) atoms. The number of amides is 2. The number of rotatable bonds is 5. The fourth-order valence-corrected chi connectivity index (χ4v) is 4.68. The average molecular weight is 426 g/mol. The number of aryl methyl sites for hydroxylation is 1. The number of nitrogens with one attached hydrogen (secondary N) is 2. The molecule has 2 atom stereocenters. The molecule has 9 heteroatoms. The van der Waals surface area contributed by atoms with E-state index in [4.69, 9.17) is 4.42 Å². The second kappa shape index (κ2) is 8.31. The van der Waals surface area contributed by atoms with Gasteiger partial charge in [-0.15, -0.1) is 0 Å². The largest absolute Gasteiger partial charge is 0.459 e. The lowest BCUT2D eigenvalue weighted by molar-refractivity contribution is 0.216. The molecule has 1 fully saturated rings. The fraction of sp³-hybridized carbons (Fsp3) is 0.550. The molecule has 1 aliphatic rings. The van der Waals surface area contributed by atoms with E-state index in [1.54, 1.807) is 6.07 Å². The summed E-state index contributed by atoms with van der Waals surface area (Å²) >= 11 is 0. The van der Waals surface area contributed by atoms with Crippen LogP contribution in [0.2, 0.25) is 0 Å². The summed E-state index contributed by atoms with van der Waals surface area (Å²) in [6, 6.07) is 3.32. The van der Waals surface area contributed by atoms with Crippen molar-refractivity contribution in [1.82, 2.24) is 14.9 Å². The molecule has 0 spiro atoms. The molecule has 2 heterocycles. The van der Waals surface area contributed by atoms with Gasteiger partial charge in [-0.1, -0.05) is 13.8 Å². The van der Waals surface area contributed by atoms with E-state index in [1.807, 2.05) is 20.8 Å². The van der Waals surface area contributed by atoms with Crippen molar-refractivity contribution >= 4 is 27.0 Å². The highest BCUT2D eigenvalue weighted by Crippen LogP contribution is 2.33. The Morgan fingerprint density at radius 1 is 1.34 bits per heavy atom. The van der Waals surface area contributed by atoms with Crippen LogP contribution < -0.4 is 10.6 Å². The highest BCUT2D eigenvalue weighted by atomic mass is 32.2. The maximum atomic E-state index is 13.6. The van der Waals surface area contributed by atoms with Gasteiger partial charge < -0.3 is 15.1 Å². The molecule has 0 saturated carbocycles. The number of benzene rings is 1. The van der Waals surface area contributed by atoms with Crippen molar-refractivity contribution in [2.45, 2.75) is 45.7 Å². The van der Waals surface area contributed by atoms with Gasteiger partial charge in [0.25, 0.3) is 0 Å². The maximum absolute atomic E-state index is 13.6. The van der Waals surface area contributed by atoms with Gasteiger partial charge >= 0.3 is 6.03 Å². The van der Waals surface area contributed by atoms with Crippen molar-refractivity contribution in [1.29, 1.82) is 0 Å². The molecule has 1 aliphatic heterocycles. The van der Waals surface area contributed by atoms with Crippen LogP contribution >= 0.6 is 0 Å². The van der Waals surface area contributed by atoms with E-state index < -0.39 is 16.1 Å². The Morgan fingerprint density at radius 3 is 2.72 bits per heavy atom. The number of halogens is 1. The van der Waals surface area contributed by atoms with Crippen LogP contribution in [0.5, 0.6) is 0 Å². The standard InChI is InChI=1S/C20H28FN3O4S/c1-12(2)18(19-13(3)16-10-14(21)7-8-17(16)28-19)23-20(25)22-15-6-5-9-24(11-15)29(4,26)27/h7-8,10,12,15,18H,5-6,9,11H2,1-4H3,(H2,22,23,25)/t15-,18+/m1/s1. The number of hydrogen-bond acceptors (Lipinski definition) is 4. The molecule has 1 saturated heterocycles. The Balaban J connectivity index is 1.74. The number of fused-ring (bicyclic) bond motifs is 1. The van der Waals surface area contributed by atoms with Gasteiger partial charge in [-0.25, -0.2) is 21.9 Å². The van der Waals surface area contributed by atoms with Gasteiger partial charge in [0.1, 0.15) is 17.2 Å². The van der Waals surface area contributed by atoms with Crippen molar-refractivity contribution in [3.63, 3.8) is 0 Å². The first-order chi connectivity index (χ1) is 13.6. The highest BCUT2D eigenvalue weighted by molar-refractivity contribution is 7.88. The van der Waals surface area contributed by atoms with Gasteiger partial charge in [-0.05, 0) is 43.9 Å². The molecule has 0 bridgehead atoms. The zero-order valence-electron chi connectivity index (χ0n) is 17.2. The first-order valence-electron chi connectivity index (χ1n) is 9.77. The number of sulfonamides is 1. The molecule has 3 rings (SSSR count). The number of carbonyl (C=O) groups excluding carboxylic acids is 1. The predicted octanol–water partition coefficient (Wildman–Crippen LogP) is 3.30. The molecule has 0 aliphatic carbocycles. The summed E-state index contributed by atoms with van der Waals surface area (Å²) in [7, 11) is -3.28. The molecule has 7 nitrogen and oxygen atoms in total. The number of nitrogens with zero attached hydrogens (tertiary/aromatic N) is 1. The van der Waals surface area contributed by atoms with Crippen molar-refractivity contribution in [2.75, 3.05) is 19.3 Å². The van der Waals surface area contributed by atoms with Gasteiger partial charge in [0.15, 0.2) is 0 Å². The molecule has 0 unspecified atom stereocenters. The van der Waals surface area contributed by atoms with Crippen molar-refractivity contribution in [3.05, 3.63) is 35.3 Å². The number of carbonyl (C=O) groups is 1. The predicted molar refractivity (Wildman–Crippen MR) is 110 cm³/mol. The SMILES string of the molecule is Cc1c([C@@H](NC(=O)N[C@@H]2CCCN(S(C)(=O)=O)C2)C(C)C)oc2ccc(F)cc12. The quantitative estimate of drug-likeness (QED) is 0.769. The lowest BCUT2D eigenvalue weighted by Gasteiger charge is -2.32. The minimum Gasteiger partial charge on any atom is -0.459 e. The van der Waals surface area contributed by atoms with E-state index >= 15 is 0 Å². The minimum absolute atomic E-state index is 0.0312. The first kappa shape index (κ1) is 21.6. The Morgan fingerprint density at radius 2 is 2.07 bits per heavy atom. The molecule has 0 radical (unpaired) electrons. The lowest BCUT2D eigenvalue weighted by Crippen LogP contribution is -2.52. The summed E-state index contributed by atoms with van der Waals surface area (Å²) in [6.07, 6.45) is 2.59. The third-order valence-electron chi connectivity index (χ3n) is 5.36. The lowest BCUT2D eigenvalue weighted by atomic mass is 9.98. The summed E-state index contributed by atoms with van der Waals surface area (Å²) < 4.78 is 44.5. The van der Waals surface area contributed by atoms with Crippen LogP contribution in [0.1, 0.15) is 44.1 Å². The van der Waals surface area contributed by atoms with Crippen LogP contribution in [0, 0.1) is 18.7 Å². The van der Waals surface area contributed by atoms with Crippen molar-refractivity contribution in [2.24, 2.45) is 5.92 Å². The normalized spacial score (nSPS) is 19.4. The smallest absolute Gasteiger partial charge is 0.315 e. The van der Waals surface area contributed by atoms with Crippen LogP contribution in [0.25, 0.3) is 11.0 Å². The molecule has 1 aromatic heterocycles. The van der Waals surface area contributed by atoms with Crippen LogP contribution in [-0.4, -0.2) is 44.1 Å². The summed E-state index contributed by atoms with van der Waals surface area (Å²) in [5.74, 6) is 0.286. The topological polar surface area (TPSA) is 91.7 Å². The number of furan rings is 1. The average Bonchev–Trinajstić information content (AvgIpc) is 2.95. The molecule has 2 aromatic rings. The summed E-state index contributed by atoms with van der Waals surface area (Å²) in [5, 5.41) is 6.51. The monoisotopic (exact) mass is 425 g/mol. The Bertz CT molecular complexity index is 1000. The van der Waals surface area contributed by atoms with Gasteiger partial charge in [-0.2, -0.15) is 0 Å². The van der Waals surface area contributed by atoms with Gasteiger partial charge in [0.05, 0.1) is 12.3 Å². The molecule has 1 aromatic carbocycles. The number of urea groups is 1. The van der Waals surface area contributed by atoms with Crippen LogP contribution in [0.4, 0.5) is 9.18 Å². The van der Waals surface area contributed by atoms with Crippen LogP contribution in [0.15, 0.2) is 22.6 Å². The summed E-state index contributed by atoms with van der Waals surface area (Å²) in [6.45, 7) is 6.51. The zero-order chi connectivity index (χ0) is 21.3. The first-order valence-corrected chi connectivity index (χ1v) is 11.6. The minimum atomic E-state index is -3.28. The van der Waals surface area contributed by atoms with Crippen molar-refractivity contribution < 1.29 is 22.0 Å². The van der Waals surface area contributed by atoms with Crippen molar-refractivity contribution in [3.8, 4) is 0 Å². The van der Waals surface area contributed by atoms with E-state index in [-0.39, 0.29) is 30.4 Å². The zero-order valence-corrected chi connectivity index (χ0v) is 18.0. The van der Waals surface area contributed by atoms with Gasteiger partial charge in [0, 0.05) is 30.1 Å². The molecular weight excluding hydrogens is 397 g/mol. The van der Waals surface area contributed by atoms with Gasteiger partial charge in [-0.3, -0.25) is 0 Å².